The summed E-state index contributed by atoms with van der Waals surface area (Å²) in [7, 11) is 1.72. The fourth-order valence-electron chi connectivity index (χ4n) is 5.05. The van der Waals surface area contributed by atoms with E-state index in [0.717, 1.165) is 25.7 Å². The summed E-state index contributed by atoms with van der Waals surface area (Å²) in [5.74, 6) is 0.277. The van der Waals surface area contributed by atoms with E-state index in [1.807, 2.05) is 0 Å². The molecule has 0 amide bonds. The Hall–Kier alpha value is -2.00. The summed E-state index contributed by atoms with van der Waals surface area (Å²) in [5.41, 5.74) is 0.232. The number of halogens is 3. The number of hydrogen-bond donors (Lipinski definition) is 3. The van der Waals surface area contributed by atoms with Crippen molar-refractivity contribution in [2.24, 2.45) is 0 Å². The molecule has 3 N–H and O–H groups in total. The number of nitrogens with one attached hydrogen (secondary N) is 3. The van der Waals surface area contributed by atoms with Gasteiger partial charge in [-0.3, -0.25) is 0 Å². The summed E-state index contributed by atoms with van der Waals surface area (Å²) in [6.45, 7) is 3.82. The van der Waals surface area contributed by atoms with Gasteiger partial charge in [0.25, 0.3) is 0 Å². The molecule has 4 rings (SSSR count). The number of aromatic nitrogens is 1. The van der Waals surface area contributed by atoms with Crippen molar-refractivity contribution in [3.8, 4) is 11.1 Å². The van der Waals surface area contributed by atoms with Gasteiger partial charge in [0.15, 0.2) is 0 Å². The van der Waals surface area contributed by atoms with Crippen molar-refractivity contribution in [2.75, 3.05) is 44.1 Å². The highest BCUT2D eigenvalue weighted by Crippen LogP contribution is 2.34. The van der Waals surface area contributed by atoms with Gasteiger partial charge >= 0.3 is 0 Å². The summed E-state index contributed by atoms with van der Waals surface area (Å²) >= 11 is 6.44. The van der Waals surface area contributed by atoms with Crippen LogP contribution < -0.4 is 16.0 Å². The van der Waals surface area contributed by atoms with Crippen LogP contribution in [-0.2, 0) is 9.47 Å². The van der Waals surface area contributed by atoms with E-state index >= 15 is 0 Å². The van der Waals surface area contributed by atoms with Crippen LogP contribution in [-0.4, -0.2) is 62.3 Å². The molecule has 2 fully saturated rings. The molecule has 1 aromatic heterocycles. The summed E-state index contributed by atoms with van der Waals surface area (Å²) in [4.78, 5) is 4.43. The average molecular weight is 523 g/mol. The Morgan fingerprint density at radius 3 is 2.58 bits per heavy atom. The number of pyridine rings is 1. The van der Waals surface area contributed by atoms with Crippen molar-refractivity contribution in [1.82, 2.24) is 10.3 Å². The van der Waals surface area contributed by atoms with Crippen LogP contribution in [0.3, 0.4) is 0 Å². The monoisotopic (exact) mass is 522 g/mol. The van der Waals surface area contributed by atoms with Crippen molar-refractivity contribution in [3.63, 3.8) is 0 Å². The zero-order chi connectivity index (χ0) is 25.5. The Morgan fingerprint density at radius 1 is 1.14 bits per heavy atom. The molecule has 1 atom stereocenters. The maximum absolute atomic E-state index is 15.0. The molecule has 36 heavy (non-hydrogen) atoms. The van der Waals surface area contributed by atoms with Crippen molar-refractivity contribution in [2.45, 2.75) is 69.2 Å². The van der Waals surface area contributed by atoms with E-state index in [4.69, 9.17) is 21.1 Å². The van der Waals surface area contributed by atoms with Crippen LogP contribution in [0.25, 0.3) is 11.1 Å². The first kappa shape index (κ1) is 27.0. The maximum atomic E-state index is 15.0. The molecule has 1 aliphatic carbocycles. The highest BCUT2D eigenvalue weighted by atomic mass is 35.5. The van der Waals surface area contributed by atoms with Crippen LogP contribution in [0.4, 0.5) is 20.3 Å². The highest BCUT2D eigenvalue weighted by molar-refractivity contribution is 6.33. The van der Waals surface area contributed by atoms with Gasteiger partial charge in [0.05, 0.1) is 11.6 Å². The van der Waals surface area contributed by atoms with Crippen LogP contribution in [0.15, 0.2) is 30.5 Å². The first-order chi connectivity index (χ1) is 17.3. The summed E-state index contributed by atoms with van der Waals surface area (Å²) in [6, 6.07) is 7.59. The molecule has 6 nitrogen and oxygen atoms in total. The second-order valence-corrected chi connectivity index (χ2v) is 10.5. The van der Waals surface area contributed by atoms with Crippen LogP contribution in [0.5, 0.6) is 0 Å². The van der Waals surface area contributed by atoms with Gasteiger partial charge in [-0.1, -0.05) is 11.6 Å². The molecular formula is C27H37ClF2N4O2. The lowest BCUT2D eigenvalue weighted by Gasteiger charge is -2.32. The van der Waals surface area contributed by atoms with Gasteiger partial charge in [-0.05, 0) is 56.9 Å². The van der Waals surface area contributed by atoms with Crippen molar-refractivity contribution >= 4 is 23.1 Å². The predicted octanol–water partition coefficient (Wildman–Crippen LogP) is 5.82. The number of alkyl halides is 1. The van der Waals surface area contributed by atoms with Gasteiger partial charge in [-0.15, -0.1) is 0 Å². The quantitative estimate of drug-likeness (QED) is 0.365. The Bertz CT molecular complexity index is 998. The molecule has 9 heteroatoms. The molecule has 0 bridgehead atoms. The molecular weight excluding hydrogens is 486 g/mol. The van der Waals surface area contributed by atoms with Crippen LogP contribution >= 0.6 is 11.6 Å². The molecule has 198 valence electrons. The van der Waals surface area contributed by atoms with E-state index in [-0.39, 0.29) is 6.54 Å². The number of ether oxygens (including phenoxy) is 2. The predicted molar refractivity (Wildman–Crippen MR) is 141 cm³/mol. The molecule has 2 aliphatic rings. The fraction of sp³-hybridized carbons (Fsp3) is 0.593. The average Bonchev–Trinajstić information content (AvgIpc) is 2.87. The van der Waals surface area contributed by atoms with E-state index in [1.165, 1.54) is 6.07 Å². The summed E-state index contributed by atoms with van der Waals surface area (Å²) < 4.78 is 40.3. The topological polar surface area (TPSA) is 67.4 Å². The Morgan fingerprint density at radius 2 is 1.86 bits per heavy atom. The molecule has 0 unspecified atom stereocenters. The van der Waals surface area contributed by atoms with Crippen LogP contribution in [0, 0.1) is 5.82 Å². The third kappa shape index (κ3) is 7.28. The fourth-order valence-corrected chi connectivity index (χ4v) is 5.26. The van der Waals surface area contributed by atoms with Crippen molar-refractivity contribution in [3.05, 3.63) is 41.3 Å². The summed E-state index contributed by atoms with van der Waals surface area (Å²) in [6.07, 6.45) is 6.42. The van der Waals surface area contributed by atoms with E-state index < -0.39 is 11.5 Å². The van der Waals surface area contributed by atoms with E-state index in [9.17, 15) is 8.78 Å². The molecule has 1 aliphatic heterocycles. The Kier molecular flexibility index (Phi) is 9.39. The second kappa shape index (κ2) is 12.5. The lowest BCUT2D eigenvalue weighted by atomic mass is 9.90. The molecule has 1 saturated carbocycles. The van der Waals surface area contributed by atoms with Gasteiger partial charge < -0.3 is 25.4 Å². The van der Waals surface area contributed by atoms with E-state index in [2.05, 4.69) is 27.9 Å². The van der Waals surface area contributed by atoms with Gasteiger partial charge in [0.2, 0.25) is 0 Å². The largest absolute Gasteiger partial charge is 0.383 e. The normalized spacial score (nSPS) is 22.7. The lowest BCUT2D eigenvalue weighted by Crippen LogP contribution is -2.42. The molecule has 1 saturated heterocycles. The number of benzene rings is 1. The van der Waals surface area contributed by atoms with Gasteiger partial charge in [-0.2, -0.15) is 0 Å². The minimum absolute atomic E-state index is 0.153. The smallest absolute Gasteiger partial charge is 0.132 e. The van der Waals surface area contributed by atoms with Crippen LogP contribution in [0.1, 0.15) is 45.4 Å². The zero-order valence-corrected chi connectivity index (χ0v) is 21.8. The van der Waals surface area contributed by atoms with Gasteiger partial charge in [0, 0.05) is 80.8 Å². The van der Waals surface area contributed by atoms with Gasteiger partial charge in [0.1, 0.15) is 17.3 Å². The maximum Gasteiger partial charge on any atom is 0.132 e. The van der Waals surface area contributed by atoms with E-state index in [1.54, 1.807) is 31.5 Å². The van der Waals surface area contributed by atoms with Crippen molar-refractivity contribution in [1.29, 1.82) is 0 Å². The second-order valence-electron chi connectivity index (χ2n) is 10.1. The molecule has 2 heterocycles. The standard InChI is InChI=1S/C27H37ClF2N4O2/c1-18(16-35-2)33-19-3-5-20(6-4-19)34-26-14-22(24(28)15-31-26)23-13-21(7-8-25(23)29)32-17-27(30)9-11-36-12-10-27/h7-8,13-15,18-20,32-33H,3-6,9-12,16-17H2,1-2H3,(H,31,34)/t18-,19?,20?/m1/s1. The Balaban J connectivity index is 1.40. The molecule has 1 aromatic carbocycles. The number of methoxy groups -OCH3 is 1. The minimum Gasteiger partial charge on any atom is -0.383 e. The summed E-state index contributed by atoms with van der Waals surface area (Å²) in [5, 5.41) is 10.6. The lowest BCUT2D eigenvalue weighted by molar-refractivity contribution is -0.00115. The number of hydrogen-bond acceptors (Lipinski definition) is 6. The molecule has 0 spiro atoms. The van der Waals surface area contributed by atoms with E-state index in [0.29, 0.717) is 78.4 Å². The molecule has 0 radical (unpaired) electrons. The third-order valence-corrected chi connectivity index (χ3v) is 7.43. The van der Waals surface area contributed by atoms with Crippen LogP contribution in [0.2, 0.25) is 5.02 Å². The SMILES string of the molecule is COC[C@@H](C)NC1CCC(Nc2cc(-c3cc(NCC4(F)CCOCC4)ccc3F)c(Cl)cn2)CC1. The minimum atomic E-state index is -1.32. The molecule has 2 aromatic rings. The number of rotatable bonds is 10. The number of anilines is 2. The van der Waals surface area contributed by atoms with Crippen molar-refractivity contribution < 1.29 is 18.3 Å². The Labute approximate surface area is 217 Å². The van der Waals surface area contributed by atoms with Gasteiger partial charge in [-0.25, -0.2) is 13.8 Å². The third-order valence-electron chi connectivity index (χ3n) is 7.13. The highest BCUT2D eigenvalue weighted by Gasteiger charge is 2.32. The zero-order valence-electron chi connectivity index (χ0n) is 21.1. The first-order valence-electron chi connectivity index (χ1n) is 12.8. The first-order valence-corrected chi connectivity index (χ1v) is 13.2. The number of nitrogens with zero attached hydrogens (tertiary/aromatic N) is 1.